The molecule has 0 spiro atoms. The van der Waals surface area contributed by atoms with Gasteiger partial charge in [-0.25, -0.2) is 0 Å². The molecule has 1 aliphatic heterocycles. The largest absolute Gasteiger partial charge is 0.493 e. The van der Waals surface area contributed by atoms with Crippen LogP contribution in [0.4, 0.5) is 0 Å². The minimum Gasteiger partial charge on any atom is -0.493 e. The lowest BCUT2D eigenvalue weighted by atomic mass is 10.1. The summed E-state index contributed by atoms with van der Waals surface area (Å²) < 4.78 is 22.0. The Morgan fingerprint density at radius 2 is 1.96 bits per heavy atom. The summed E-state index contributed by atoms with van der Waals surface area (Å²) in [5.41, 5.74) is 0.410. The molecule has 1 atom stereocenters. The molecule has 0 saturated carbocycles. The molecular formula is C19H20ClNO5. The molecule has 0 fully saturated rings. The van der Waals surface area contributed by atoms with Gasteiger partial charge in [0, 0.05) is 12.6 Å². The molecule has 7 heteroatoms. The highest BCUT2D eigenvalue weighted by atomic mass is 35.5. The van der Waals surface area contributed by atoms with E-state index < -0.39 is 0 Å². The Morgan fingerprint density at radius 1 is 1.23 bits per heavy atom. The van der Waals surface area contributed by atoms with E-state index in [1.165, 1.54) is 14.2 Å². The molecule has 138 valence electrons. The van der Waals surface area contributed by atoms with Crippen molar-refractivity contribution >= 4 is 17.5 Å². The monoisotopic (exact) mass is 377 g/mol. The fourth-order valence-electron chi connectivity index (χ4n) is 2.80. The maximum absolute atomic E-state index is 12.8. The van der Waals surface area contributed by atoms with Gasteiger partial charge in [-0.05, 0) is 24.3 Å². The number of para-hydroxylation sites is 2. The highest BCUT2D eigenvalue weighted by molar-refractivity contribution is 6.32. The van der Waals surface area contributed by atoms with Gasteiger partial charge in [0.25, 0.3) is 5.91 Å². The maximum Gasteiger partial charge on any atom is 0.253 e. The molecule has 2 aromatic carbocycles. The lowest BCUT2D eigenvalue weighted by molar-refractivity contribution is 0.0520. The van der Waals surface area contributed by atoms with Crippen molar-refractivity contribution < 1.29 is 23.7 Å². The van der Waals surface area contributed by atoms with E-state index in [0.29, 0.717) is 46.7 Å². The van der Waals surface area contributed by atoms with Crippen LogP contribution in [-0.2, 0) is 0 Å². The molecule has 0 bridgehead atoms. The molecule has 26 heavy (non-hydrogen) atoms. The van der Waals surface area contributed by atoms with Crippen molar-refractivity contribution in [3.63, 3.8) is 0 Å². The molecular weight excluding hydrogens is 358 g/mol. The first-order valence-electron chi connectivity index (χ1n) is 8.09. The minimum absolute atomic E-state index is 0.199. The van der Waals surface area contributed by atoms with Gasteiger partial charge in [0.05, 0.1) is 25.8 Å². The number of fused-ring (bicyclic) bond motifs is 1. The predicted octanol–water partition coefficient (Wildman–Crippen LogP) is 3.27. The molecule has 3 rings (SSSR count). The van der Waals surface area contributed by atoms with Crippen LogP contribution in [0.2, 0.25) is 5.02 Å². The maximum atomic E-state index is 12.8. The number of amides is 1. The number of carbonyl (C=O) groups excluding carboxylic acids is 1. The molecule has 2 aromatic rings. The fourth-order valence-corrected chi connectivity index (χ4v) is 3.09. The van der Waals surface area contributed by atoms with Gasteiger partial charge in [-0.3, -0.25) is 4.79 Å². The minimum atomic E-state index is -0.255. The molecule has 1 heterocycles. The molecule has 0 radical (unpaired) electrons. The number of halogens is 1. The van der Waals surface area contributed by atoms with Crippen LogP contribution in [0, 0.1) is 0 Å². The Labute approximate surface area is 157 Å². The normalized spacial score (nSPS) is 15.3. The summed E-state index contributed by atoms with van der Waals surface area (Å²) in [4.78, 5) is 14.3. The number of carbonyl (C=O) groups is 1. The van der Waals surface area contributed by atoms with Crippen molar-refractivity contribution in [2.45, 2.75) is 6.10 Å². The van der Waals surface area contributed by atoms with Crippen molar-refractivity contribution in [2.24, 2.45) is 0 Å². The lowest BCUT2D eigenvalue weighted by Gasteiger charge is -2.29. The van der Waals surface area contributed by atoms with Crippen molar-refractivity contribution in [1.82, 2.24) is 4.90 Å². The second-order valence-electron chi connectivity index (χ2n) is 5.88. The molecule has 1 aliphatic rings. The smallest absolute Gasteiger partial charge is 0.253 e. The van der Waals surface area contributed by atoms with Crippen LogP contribution in [0.5, 0.6) is 23.0 Å². The molecule has 0 saturated heterocycles. The number of methoxy groups -OCH3 is 2. The van der Waals surface area contributed by atoms with Crippen LogP contribution >= 0.6 is 11.6 Å². The summed E-state index contributed by atoms with van der Waals surface area (Å²) in [6.07, 6.45) is -0.255. The summed E-state index contributed by atoms with van der Waals surface area (Å²) in [6.45, 7) is 0.750. The standard InChI is InChI=1S/C19H20ClNO5/c1-21(10-13-11-25-15-6-4-5-7-16(15)26-13)19(22)12-8-14(20)18(24-3)17(9-12)23-2/h4-9,13H,10-11H2,1-3H3. The van der Waals surface area contributed by atoms with Gasteiger partial charge in [0.2, 0.25) is 0 Å². The Kier molecular flexibility index (Phi) is 5.42. The summed E-state index contributed by atoms with van der Waals surface area (Å²) in [5, 5.41) is 0.315. The van der Waals surface area contributed by atoms with E-state index in [4.69, 9.17) is 30.5 Å². The summed E-state index contributed by atoms with van der Waals surface area (Å²) in [5.74, 6) is 2.00. The van der Waals surface area contributed by atoms with Crippen LogP contribution in [0.25, 0.3) is 0 Å². The third-order valence-corrected chi connectivity index (χ3v) is 4.35. The number of likely N-dealkylation sites (N-methyl/N-ethyl adjacent to an activating group) is 1. The van der Waals surface area contributed by atoms with Crippen molar-refractivity contribution in [1.29, 1.82) is 0 Å². The number of benzene rings is 2. The van der Waals surface area contributed by atoms with Crippen LogP contribution in [0.1, 0.15) is 10.4 Å². The van der Waals surface area contributed by atoms with Gasteiger partial charge in [-0.2, -0.15) is 0 Å². The van der Waals surface area contributed by atoms with Gasteiger partial charge >= 0.3 is 0 Å². The second kappa shape index (κ2) is 7.74. The first-order chi connectivity index (χ1) is 12.5. The van der Waals surface area contributed by atoms with Crippen LogP contribution in [0.3, 0.4) is 0 Å². The Bertz CT molecular complexity index is 811. The van der Waals surface area contributed by atoms with Crippen LogP contribution in [0.15, 0.2) is 36.4 Å². The summed E-state index contributed by atoms with van der Waals surface area (Å²) >= 11 is 6.19. The molecule has 0 aliphatic carbocycles. The zero-order chi connectivity index (χ0) is 18.7. The number of rotatable bonds is 5. The summed E-state index contributed by atoms with van der Waals surface area (Å²) in [6, 6.07) is 10.6. The van der Waals surface area contributed by atoms with E-state index in [-0.39, 0.29) is 12.0 Å². The van der Waals surface area contributed by atoms with Crippen LogP contribution in [-0.4, -0.2) is 51.3 Å². The van der Waals surface area contributed by atoms with E-state index in [1.807, 2.05) is 24.3 Å². The SMILES string of the molecule is COc1cc(C(=O)N(C)CC2COc3ccccc3O2)cc(Cl)c1OC. The van der Waals surface area contributed by atoms with Crippen LogP contribution < -0.4 is 18.9 Å². The Morgan fingerprint density at radius 3 is 2.65 bits per heavy atom. The third-order valence-electron chi connectivity index (χ3n) is 4.07. The van der Waals surface area contributed by atoms with E-state index in [0.717, 1.165) is 0 Å². The number of nitrogens with zero attached hydrogens (tertiary/aromatic N) is 1. The van der Waals surface area contributed by atoms with Crippen molar-refractivity contribution in [3.05, 3.63) is 47.0 Å². The molecule has 1 unspecified atom stereocenters. The van der Waals surface area contributed by atoms with E-state index in [1.54, 1.807) is 24.1 Å². The van der Waals surface area contributed by atoms with Gasteiger partial charge < -0.3 is 23.8 Å². The average molecular weight is 378 g/mol. The van der Waals surface area contributed by atoms with E-state index in [2.05, 4.69) is 0 Å². The second-order valence-corrected chi connectivity index (χ2v) is 6.28. The number of hydrogen-bond donors (Lipinski definition) is 0. The van der Waals surface area contributed by atoms with Gasteiger partial charge in [-0.15, -0.1) is 0 Å². The lowest BCUT2D eigenvalue weighted by Crippen LogP contribution is -2.41. The highest BCUT2D eigenvalue weighted by Crippen LogP contribution is 2.36. The Balaban J connectivity index is 1.72. The van der Waals surface area contributed by atoms with Crippen molar-refractivity contribution in [2.75, 3.05) is 34.4 Å². The first kappa shape index (κ1) is 18.2. The first-order valence-corrected chi connectivity index (χ1v) is 8.46. The number of hydrogen-bond acceptors (Lipinski definition) is 5. The van der Waals surface area contributed by atoms with E-state index >= 15 is 0 Å². The molecule has 0 aromatic heterocycles. The van der Waals surface area contributed by atoms with Gasteiger partial charge in [0.1, 0.15) is 6.61 Å². The summed E-state index contributed by atoms with van der Waals surface area (Å²) in [7, 11) is 4.70. The third kappa shape index (κ3) is 3.65. The predicted molar refractivity (Wildman–Crippen MR) is 97.9 cm³/mol. The zero-order valence-electron chi connectivity index (χ0n) is 14.8. The average Bonchev–Trinajstić information content (AvgIpc) is 2.66. The molecule has 6 nitrogen and oxygen atoms in total. The quantitative estimate of drug-likeness (QED) is 0.800. The Hall–Kier alpha value is -2.60. The highest BCUT2D eigenvalue weighted by Gasteiger charge is 2.25. The number of ether oxygens (including phenoxy) is 4. The van der Waals surface area contributed by atoms with Gasteiger partial charge in [-0.1, -0.05) is 23.7 Å². The van der Waals surface area contributed by atoms with E-state index in [9.17, 15) is 4.79 Å². The van der Waals surface area contributed by atoms with Gasteiger partial charge in [0.15, 0.2) is 29.1 Å². The molecule has 0 N–H and O–H groups in total. The zero-order valence-corrected chi connectivity index (χ0v) is 15.6. The molecule has 1 amide bonds. The topological polar surface area (TPSA) is 57.2 Å². The van der Waals surface area contributed by atoms with Crippen molar-refractivity contribution in [3.8, 4) is 23.0 Å². The fraction of sp³-hybridized carbons (Fsp3) is 0.316.